The van der Waals surface area contributed by atoms with Gasteiger partial charge in [-0.1, -0.05) is 497 Å². The molecular weight excluding hydrogens is 1730 g/mol. The maximum atomic E-state index is 6.62. The largest absolute Gasteiger partial charge is 0.456 e. The van der Waals surface area contributed by atoms with E-state index in [4.69, 9.17) is 8.83 Å². The Bertz CT molecular complexity index is 8420. The highest BCUT2D eigenvalue weighted by Gasteiger charge is 2.29. The Morgan fingerprint density at radius 3 is 0.846 bits per heavy atom. The topological polar surface area (TPSA) is 36.0 Å². The number of hydrogen-bond acceptors (Lipinski definition) is 5. The second-order valence-corrected chi connectivity index (χ2v) is 35.1. The van der Waals surface area contributed by atoms with E-state index in [1.165, 1.54) is 66.8 Å². The van der Waals surface area contributed by atoms with Gasteiger partial charge in [0.2, 0.25) is 0 Å². The van der Waals surface area contributed by atoms with Crippen LogP contribution in [0.4, 0.5) is 51.2 Å². The quantitative estimate of drug-likeness (QED) is 0.0597. The number of hydrogen-bond donors (Lipinski definition) is 0. The van der Waals surface area contributed by atoms with E-state index in [0.29, 0.717) is 0 Å². The molecule has 0 amide bonds. The van der Waals surface area contributed by atoms with Crippen LogP contribution in [-0.2, 0) is 0 Å². The van der Waals surface area contributed by atoms with Crippen molar-refractivity contribution in [3.8, 4) is 22.3 Å². The van der Waals surface area contributed by atoms with Gasteiger partial charge in [0.25, 0.3) is 0 Å². The Kier molecular flexibility index (Phi) is 26.4. The molecule has 0 saturated heterocycles. The van der Waals surface area contributed by atoms with Crippen LogP contribution in [0.15, 0.2) is 609 Å². The zero-order chi connectivity index (χ0) is 95.7. The molecule has 0 unspecified atom stereocenters. The summed E-state index contributed by atoms with van der Waals surface area (Å²) in [6.45, 7) is 0. The van der Waals surface area contributed by atoms with Crippen molar-refractivity contribution in [2.75, 3.05) is 14.7 Å². The molecule has 0 saturated carbocycles. The third-order valence-electron chi connectivity index (χ3n) is 26.3. The van der Waals surface area contributed by atoms with Gasteiger partial charge in [-0.2, -0.15) is 0 Å². The smallest absolute Gasteiger partial charge is 0.159 e. The molecule has 5 heteroatoms. The van der Waals surface area contributed by atoms with Gasteiger partial charge in [-0.05, 0) is 203 Å². The minimum Gasteiger partial charge on any atom is -0.456 e. The summed E-state index contributed by atoms with van der Waals surface area (Å²) in [5, 5.41) is 4.45. The van der Waals surface area contributed by atoms with Crippen LogP contribution in [0, 0.1) is 0 Å². The minimum atomic E-state index is 0.860. The number of anilines is 9. The van der Waals surface area contributed by atoms with E-state index in [9.17, 15) is 0 Å². The molecule has 0 spiro atoms. The van der Waals surface area contributed by atoms with E-state index in [-0.39, 0.29) is 0 Å². The molecule has 0 fully saturated rings. The normalized spacial score (nSPS) is 10.9. The highest BCUT2D eigenvalue weighted by atomic mass is 16.3. The highest BCUT2D eigenvalue weighted by Crippen LogP contribution is 2.51. The fourth-order valence-corrected chi connectivity index (χ4v) is 19.8. The Hall–Kier alpha value is -18.9. The van der Waals surface area contributed by atoms with E-state index in [2.05, 4.69) is 591 Å². The summed E-state index contributed by atoms with van der Waals surface area (Å²) >= 11 is 0. The van der Waals surface area contributed by atoms with Crippen molar-refractivity contribution < 1.29 is 8.83 Å². The number of benzene rings is 22. The first-order valence-electron chi connectivity index (χ1n) is 48.7. The van der Waals surface area contributed by atoms with Crippen LogP contribution in [0.3, 0.4) is 0 Å². The first kappa shape index (κ1) is 89.3. The SMILES string of the molecule is c1ccc(C(=C(c2ccccc2)c2ccc(-c3cccc(N(c4ccccc4)c4ccccc4-c4ccccc4)c3)cc2)c2ccccc2)cc1.c1ccc(C(=C(c2ccccc2)c2ccccc2N(c2ccccc2)c2ccc3c(c2)oc2ccccc23)c2ccccc2)cc1.c1ccc(C(=C(c2ccccc2)c2ccccc2N(c2ccccc2)c2cccc3c2oc2ccccc23)c2ccccc2)cc1. The molecule has 5 nitrogen and oxygen atoms in total. The molecule has 0 bridgehead atoms. The Morgan fingerprint density at radius 2 is 0.413 bits per heavy atom. The summed E-state index contributed by atoms with van der Waals surface area (Å²) in [6, 6.07) is 213. The number of nitrogens with zero attached hydrogens (tertiary/aromatic N) is 3. The van der Waals surface area contributed by atoms with Crippen LogP contribution in [0.5, 0.6) is 0 Å². The molecule has 678 valence electrons. The molecule has 0 atom stereocenters. The standard InChI is InChI=1S/C50H37N.2C44H31NO/c1-6-19-39(20-7-1)47-31-16-17-32-48(47)51(45-28-14-5-15-29-45)46-30-18-27-44(37-46)38-33-35-43(36-34-38)50(42-25-12-4-13-26-42)49(40-21-8-2-9-22-40)41-23-10-3-11-24-41;1-5-18-32(19-6-1)42(33-20-7-2-8-21-33)43(34-22-9-3-10-23-34)38-27-13-15-29-39(38)45(35-24-11-4-12-25-35)40-30-17-28-37-36-26-14-16-31-41(36)46-44(37)40;1-5-17-32(18-6-1)43(33-19-7-2-8-20-33)44(34-21-9-3-10-22-34)39-26-13-15-27-40(39)45(35-23-11-4-12-24-35)36-29-30-38-37-25-14-16-28-41(37)46-42(38)31-36/h1-37H;2*1-31H. The van der Waals surface area contributed by atoms with E-state index in [1.54, 1.807) is 0 Å². The van der Waals surface area contributed by atoms with Gasteiger partial charge in [0.05, 0.1) is 22.7 Å². The highest BCUT2D eigenvalue weighted by molar-refractivity contribution is 6.14. The number of fused-ring (bicyclic) bond motifs is 6. The molecular formula is C138H99N3O2. The van der Waals surface area contributed by atoms with Crippen LogP contribution in [-0.4, -0.2) is 0 Å². The summed E-state index contributed by atoms with van der Waals surface area (Å²) < 4.78 is 13.0. The fourth-order valence-electron chi connectivity index (χ4n) is 19.8. The van der Waals surface area contributed by atoms with Crippen molar-refractivity contribution in [1.29, 1.82) is 0 Å². The molecule has 0 aliphatic heterocycles. The lowest BCUT2D eigenvalue weighted by molar-refractivity contribution is 0.668. The molecule has 2 aromatic heterocycles. The van der Waals surface area contributed by atoms with Crippen LogP contribution in [0.1, 0.15) is 66.8 Å². The van der Waals surface area contributed by atoms with Gasteiger partial charge in [0, 0.05) is 72.7 Å². The van der Waals surface area contributed by atoms with Gasteiger partial charge in [-0.25, -0.2) is 0 Å². The zero-order valence-electron chi connectivity index (χ0n) is 78.8. The van der Waals surface area contributed by atoms with Crippen molar-refractivity contribution in [2.24, 2.45) is 0 Å². The first-order valence-corrected chi connectivity index (χ1v) is 48.7. The molecule has 24 rings (SSSR count). The lowest BCUT2D eigenvalue weighted by Crippen LogP contribution is -2.13. The lowest BCUT2D eigenvalue weighted by Gasteiger charge is -2.29. The summed E-state index contributed by atoms with van der Waals surface area (Å²) in [4.78, 5) is 7.05. The Balaban J connectivity index is 0.000000123. The molecule has 2 heterocycles. The fraction of sp³-hybridized carbons (Fsp3) is 0. The number of rotatable bonds is 23. The Labute approximate surface area is 835 Å². The molecule has 143 heavy (non-hydrogen) atoms. The van der Waals surface area contributed by atoms with Gasteiger partial charge in [0.1, 0.15) is 16.7 Å². The molecule has 0 radical (unpaired) electrons. The first-order chi connectivity index (χ1) is 71.0. The van der Waals surface area contributed by atoms with Crippen LogP contribution >= 0.6 is 0 Å². The third-order valence-corrected chi connectivity index (χ3v) is 26.3. The zero-order valence-corrected chi connectivity index (χ0v) is 78.8. The molecule has 22 aromatic carbocycles. The second kappa shape index (κ2) is 42.4. The van der Waals surface area contributed by atoms with Crippen molar-refractivity contribution in [1.82, 2.24) is 0 Å². The lowest BCUT2D eigenvalue weighted by atomic mass is 9.85. The number of furan rings is 2. The predicted molar refractivity (Wildman–Crippen MR) is 602 cm³/mol. The monoisotopic (exact) mass is 1830 g/mol. The summed E-state index contributed by atoms with van der Waals surface area (Å²) in [6.07, 6.45) is 0. The second-order valence-electron chi connectivity index (χ2n) is 35.1. The van der Waals surface area contributed by atoms with E-state index < -0.39 is 0 Å². The van der Waals surface area contributed by atoms with E-state index >= 15 is 0 Å². The van der Waals surface area contributed by atoms with Crippen LogP contribution in [0.25, 0.3) is 99.6 Å². The van der Waals surface area contributed by atoms with Crippen LogP contribution < -0.4 is 14.7 Å². The molecule has 0 aliphatic rings. The average molecular weight is 1830 g/mol. The van der Waals surface area contributed by atoms with Crippen LogP contribution in [0.2, 0.25) is 0 Å². The maximum absolute atomic E-state index is 6.62. The van der Waals surface area contributed by atoms with Crippen molar-refractivity contribution in [2.45, 2.75) is 0 Å². The van der Waals surface area contributed by atoms with Gasteiger partial charge >= 0.3 is 0 Å². The number of para-hydroxylation sites is 9. The Morgan fingerprint density at radius 1 is 0.140 bits per heavy atom. The summed E-state index contributed by atoms with van der Waals surface area (Å²) in [7, 11) is 0. The van der Waals surface area contributed by atoms with Crippen molar-refractivity contribution in [3.05, 3.63) is 667 Å². The summed E-state index contributed by atoms with van der Waals surface area (Å²) in [5.41, 5.74) is 38.9. The molecule has 0 N–H and O–H groups in total. The van der Waals surface area contributed by atoms with E-state index in [1.807, 2.05) is 24.3 Å². The van der Waals surface area contributed by atoms with Gasteiger partial charge in [0.15, 0.2) is 5.58 Å². The average Bonchev–Trinajstić information content (AvgIpc) is 1.25. The maximum Gasteiger partial charge on any atom is 0.159 e. The van der Waals surface area contributed by atoms with Gasteiger partial charge in [-0.15, -0.1) is 0 Å². The third kappa shape index (κ3) is 19.1. The van der Waals surface area contributed by atoms with Gasteiger partial charge in [-0.3, -0.25) is 0 Å². The minimum absolute atomic E-state index is 0.860. The predicted octanol–water partition coefficient (Wildman–Crippen LogP) is 37.6. The van der Waals surface area contributed by atoms with Crippen molar-refractivity contribution in [3.63, 3.8) is 0 Å². The van der Waals surface area contributed by atoms with E-state index in [0.717, 1.165) is 151 Å². The molecule has 24 aromatic rings. The molecule has 0 aliphatic carbocycles. The van der Waals surface area contributed by atoms with Crippen molar-refractivity contribution >= 4 is 129 Å². The summed E-state index contributed by atoms with van der Waals surface area (Å²) in [5.74, 6) is 0. The van der Waals surface area contributed by atoms with Gasteiger partial charge < -0.3 is 23.5 Å².